The van der Waals surface area contributed by atoms with Crippen molar-refractivity contribution in [2.75, 3.05) is 0 Å². The second-order valence-electron chi connectivity index (χ2n) is 9.61. The summed E-state index contributed by atoms with van der Waals surface area (Å²) < 4.78 is 8.46. The lowest BCUT2D eigenvalue weighted by Crippen LogP contribution is -1.94. The minimum absolute atomic E-state index is 0.836. The van der Waals surface area contributed by atoms with Gasteiger partial charge in [0.1, 0.15) is 11.2 Å². The SMILES string of the molecule is Cc1ccc2c(c1)c1ccccc1c1nnc(-c3ccc(-c4cccc5c4oc4ccccc45)cc3)n21. The van der Waals surface area contributed by atoms with Crippen LogP contribution < -0.4 is 0 Å². The van der Waals surface area contributed by atoms with Crippen LogP contribution in [0.15, 0.2) is 114 Å². The first-order valence-corrected chi connectivity index (χ1v) is 12.4. The van der Waals surface area contributed by atoms with Gasteiger partial charge in [0.25, 0.3) is 0 Å². The van der Waals surface area contributed by atoms with Crippen molar-refractivity contribution < 1.29 is 4.42 Å². The Balaban J connectivity index is 1.33. The maximum absolute atomic E-state index is 6.27. The van der Waals surface area contributed by atoms with Crippen molar-refractivity contribution in [3.8, 4) is 22.5 Å². The number of furan rings is 1. The highest BCUT2D eigenvalue weighted by molar-refractivity contribution is 6.12. The van der Waals surface area contributed by atoms with E-state index < -0.39 is 0 Å². The molecule has 0 fully saturated rings. The smallest absolute Gasteiger partial charge is 0.169 e. The lowest BCUT2D eigenvalue weighted by Gasteiger charge is -2.10. The molecule has 8 aromatic rings. The molecule has 0 aliphatic rings. The maximum atomic E-state index is 6.27. The number of nitrogens with zero attached hydrogens (tertiary/aromatic N) is 3. The van der Waals surface area contributed by atoms with Gasteiger partial charge in [0.15, 0.2) is 11.5 Å². The number of hydrogen-bond donors (Lipinski definition) is 0. The summed E-state index contributed by atoms with van der Waals surface area (Å²) in [7, 11) is 0. The Morgan fingerprint density at radius 3 is 2.19 bits per heavy atom. The Kier molecular flexibility index (Phi) is 4.12. The van der Waals surface area contributed by atoms with Crippen LogP contribution in [0.4, 0.5) is 0 Å². The summed E-state index contributed by atoms with van der Waals surface area (Å²) in [6.07, 6.45) is 0. The van der Waals surface area contributed by atoms with E-state index in [1.54, 1.807) is 0 Å². The van der Waals surface area contributed by atoms with E-state index in [2.05, 4.69) is 119 Å². The second-order valence-corrected chi connectivity index (χ2v) is 9.61. The number of hydrogen-bond acceptors (Lipinski definition) is 3. The van der Waals surface area contributed by atoms with E-state index in [0.717, 1.165) is 61.0 Å². The maximum Gasteiger partial charge on any atom is 0.169 e. The first-order valence-electron chi connectivity index (χ1n) is 12.4. The molecule has 0 spiro atoms. The van der Waals surface area contributed by atoms with Crippen molar-refractivity contribution in [2.45, 2.75) is 6.92 Å². The van der Waals surface area contributed by atoms with Crippen molar-refractivity contribution >= 4 is 49.3 Å². The fourth-order valence-electron chi connectivity index (χ4n) is 5.62. The molecule has 0 saturated carbocycles. The molecule has 0 atom stereocenters. The van der Waals surface area contributed by atoms with Gasteiger partial charge >= 0.3 is 0 Å². The molecule has 37 heavy (non-hydrogen) atoms. The highest BCUT2D eigenvalue weighted by Gasteiger charge is 2.17. The Bertz CT molecular complexity index is 2150. The summed E-state index contributed by atoms with van der Waals surface area (Å²) in [5, 5.41) is 15.1. The van der Waals surface area contributed by atoms with Gasteiger partial charge in [-0.25, -0.2) is 0 Å². The highest BCUT2D eigenvalue weighted by atomic mass is 16.3. The standard InChI is InChI=1S/C33H21N3O/c1-20-13-18-29-28(19-20)24-7-2-3-9-27(24)33-35-34-32(36(29)33)22-16-14-21(15-17-22)23-10-6-11-26-25-8-4-5-12-30(25)37-31(23)26/h2-19H,1H3. The number of pyridine rings is 1. The van der Waals surface area contributed by atoms with E-state index in [0.29, 0.717) is 0 Å². The summed E-state index contributed by atoms with van der Waals surface area (Å²) in [6.45, 7) is 2.13. The number of benzene rings is 5. The first-order chi connectivity index (χ1) is 18.3. The Labute approximate surface area is 212 Å². The highest BCUT2D eigenvalue weighted by Crippen LogP contribution is 2.37. The number of rotatable bonds is 2. The number of aryl methyl sites for hydroxylation is 1. The van der Waals surface area contributed by atoms with Gasteiger partial charge < -0.3 is 4.42 Å². The number of fused-ring (bicyclic) bond motifs is 9. The first kappa shape index (κ1) is 20.3. The van der Waals surface area contributed by atoms with Gasteiger partial charge in [0.2, 0.25) is 0 Å². The summed E-state index contributed by atoms with van der Waals surface area (Å²) in [5.41, 5.74) is 8.24. The summed E-state index contributed by atoms with van der Waals surface area (Å²) in [4.78, 5) is 0. The molecule has 0 unspecified atom stereocenters. The number of para-hydroxylation sites is 2. The molecular formula is C33H21N3O. The Morgan fingerprint density at radius 2 is 1.32 bits per heavy atom. The van der Waals surface area contributed by atoms with E-state index >= 15 is 0 Å². The van der Waals surface area contributed by atoms with Gasteiger partial charge in [0.05, 0.1) is 5.52 Å². The third-order valence-electron chi connectivity index (χ3n) is 7.37. The topological polar surface area (TPSA) is 43.3 Å². The Hall–Kier alpha value is -4.96. The molecule has 0 N–H and O–H groups in total. The molecule has 3 aromatic heterocycles. The second kappa shape index (κ2) is 7.52. The van der Waals surface area contributed by atoms with Crippen LogP contribution >= 0.6 is 0 Å². The van der Waals surface area contributed by atoms with E-state index in [1.165, 1.54) is 16.3 Å². The van der Waals surface area contributed by atoms with Gasteiger partial charge in [-0.05, 0) is 36.1 Å². The molecule has 4 heteroatoms. The summed E-state index contributed by atoms with van der Waals surface area (Å²) in [6, 6.07) is 38.1. The van der Waals surface area contributed by atoms with Crippen molar-refractivity contribution in [1.82, 2.24) is 14.6 Å². The van der Waals surface area contributed by atoms with Gasteiger partial charge in [-0.1, -0.05) is 96.6 Å². The minimum Gasteiger partial charge on any atom is -0.455 e. The van der Waals surface area contributed by atoms with Crippen LogP contribution in [-0.4, -0.2) is 14.6 Å². The van der Waals surface area contributed by atoms with Gasteiger partial charge in [-0.3, -0.25) is 4.40 Å². The van der Waals surface area contributed by atoms with Crippen LogP contribution in [-0.2, 0) is 0 Å². The Morgan fingerprint density at radius 1 is 0.595 bits per heavy atom. The lowest BCUT2D eigenvalue weighted by atomic mass is 10.0. The summed E-state index contributed by atoms with van der Waals surface area (Å²) >= 11 is 0. The van der Waals surface area contributed by atoms with Crippen molar-refractivity contribution in [1.29, 1.82) is 0 Å². The molecule has 4 nitrogen and oxygen atoms in total. The minimum atomic E-state index is 0.836. The molecule has 0 aliphatic carbocycles. The third-order valence-corrected chi connectivity index (χ3v) is 7.37. The molecule has 5 aromatic carbocycles. The molecule has 0 saturated heterocycles. The van der Waals surface area contributed by atoms with Crippen LogP contribution in [0.5, 0.6) is 0 Å². The monoisotopic (exact) mass is 475 g/mol. The normalized spacial score (nSPS) is 11.9. The van der Waals surface area contributed by atoms with Gasteiger partial charge in [-0.15, -0.1) is 10.2 Å². The van der Waals surface area contributed by atoms with Crippen LogP contribution in [0, 0.1) is 6.92 Å². The lowest BCUT2D eigenvalue weighted by molar-refractivity contribution is 0.670. The van der Waals surface area contributed by atoms with Gasteiger partial charge in [0, 0.05) is 32.7 Å². The molecule has 0 amide bonds. The number of aromatic nitrogens is 3. The van der Waals surface area contributed by atoms with Crippen molar-refractivity contribution in [2.24, 2.45) is 0 Å². The fraction of sp³-hybridized carbons (Fsp3) is 0.0303. The van der Waals surface area contributed by atoms with Crippen LogP contribution in [0.2, 0.25) is 0 Å². The molecule has 3 heterocycles. The largest absolute Gasteiger partial charge is 0.455 e. The molecule has 174 valence electrons. The quantitative estimate of drug-likeness (QED) is 0.235. The molecule has 0 aliphatic heterocycles. The predicted molar refractivity (Wildman–Crippen MR) is 151 cm³/mol. The molecule has 0 radical (unpaired) electrons. The average molecular weight is 476 g/mol. The molecule has 8 rings (SSSR count). The summed E-state index contributed by atoms with van der Waals surface area (Å²) in [5.74, 6) is 0.836. The zero-order valence-electron chi connectivity index (χ0n) is 20.1. The third kappa shape index (κ3) is 2.90. The van der Waals surface area contributed by atoms with Crippen LogP contribution in [0.25, 0.3) is 71.8 Å². The van der Waals surface area contributed by atoms with E-state index in [-0.39, 0.29) is 0 Å². The van der Waals surface area contributed by atoms with Crippen LogP contribution in [0.3, 0.4) is 0 Å². The zero-order valence-corrected chi connectivity index (χ0v) is 20.1. The van der Waals surface area contributed by atoms with Crippen molar-refractivity contribution in [3.63, 3.8) is 0 Å². The van der Waals surface area contributed by atoms with E-state index in [4.69, 9.17) is 4.42 Å². The fourth-order valence-corrected chi connectivity index (χ4v) is 5.62. The predicted octanol–water partition coefficient (Wildman–Crippen LogP) is 8.58. The van der Waals surface area contributed by atoms with Crippen LogP contribution in [0.1, 0.15) is 5.56 Å². The van der Waals surface area contributed by atoms with Crippen molar-refractivity contribution in [3.05, 3.63) is 115 Å². The van der Waals surface area contributed by atoms with E-state index in [1.807, 2.05) is 12.1 Å². The zero-order chi connectivity index (χ0) is 24.5. The molecule has 0 bridgehead atoms. The average Bonchev–Trinajstić information content (AvgIpc) is 3.56. The van der Waals surface area contributed by atoms with E-state index in [9.17, 15) is 0 Å². The van der Waals surface area contributed by atoms with Gasteiger partial charge in [-0.2, -0.15) is 0 Å². The molecular weight excluding hydrogens is 454 g/mol.